The van der Waals surface area contributed by atoms with Gasteiger partial charge in [-0.3, -0.25) is 0 Å². The van der Waals surface area contributed by atoms with E-state index in [0.717, 1.165) is 30.7 Å². The second-order valence-corrected chi connectivity index (χ2v) is 5.74. The predicted molar refractivity (Wildman–Crippen MR) is 86.2 cm³/mol. The lowest BCUT2D eigenvalue weighted by Crippen LogP contribution is -2.37. The molecule has 1 aliphatic rings. The first-order valence-corrected chi connectivity index (χ1v) is 7.76. The first-order chi connectivity index (χ1) is 11.2. The molecule has 1 aromatic heterocycles. The number of benzene rings is 1. The normalized spacial score (nSPS) is 17.2. The lowest BCUT2D eigenvalue weighted by Gasteiger charge is -2.21. The molecular weight excluding hydrogens is 294 g/mol. The molecule has 1 N–H and O–H groups in total. The minimum absolute atomic E-state index is 0.126. The van der Waals surface area contributed by atoms with Crippen molar-refractivity contribution in [3.8, 4) is 0 Å². The van der Waals surface area contributed by atoms with Crippen LogP contribution in [-0.4, -0.2) is 52.0 Å². The molecule has 0 aliphatic carbocycles. The Morgan fingerprint density at radius 3 is 3.17 bits per heavy atom. The first kappa shape index (κ1) is 15.5. The summed E-state index contributed by atoms with van der Waals surface area (Å²) in [5, 5.41) is 7.01. The zero-order valence-electron chi connectivity index (χ0n) is 13.2. The molecule has 1 aliphatic heterocycles. The highest BCUT2D eigenvalue weighted by molar-refractivity contribution is 5.89. The number of carbonyl (C=O) groups excluding carboxylic acids is 1. The molecule has 0 spiro atoms. The van der Waals surface area contributed by atoms with E-state index in [-0.39, 0.29) is 12.1 Å². The quantitative estimate of drug-likeness (QED) is 0.915. The summed E-state index contributed by atoms with van der Waals surface area (Å²) in [5.41, 5.74) is 1.82. The summed E-state index contributed by atoms with van der Waals surface area (Å²) in [6.45, 7) is 2.03. The van der Waals surface area contributed by atoms with Crippen molar-refractivity contribution < 1.29 is 9.53 Å². The van der Waals surface area contributed by atoms with Crippen LogP contribution < -0.4 is 5.32 Å². The number of hydrogen-bond acceptors (Lipinski definition) is 4. The molecule has 1 aromatic carbocycles. The minimum atomic E-state index is -0.126. The number of nitrogens with one attached hydrogen (secondary N) is 1. The Kier molecular flexibility index (Phi) is 4.87. The van der Waals surface area contributed by atoms with Gasteiger partial charge in [0.05, 0.1) is 12.6 Å². The molecule has 0 radical (unpaired) electrons. The maximum absolute atomic E-state index is 12.3. The maximum atomic E-state index is 12.3. The number of ether oxygens (including phenoxy) is 1. The molecule has 1 fully saturated rings. The highest BCUT2D eigenvalue weighted by Crippen LogP contribution is 2.15. The van der Waals surface area contributed by atoms with Crippen LogP contribution in [0.5, 0.6) is 0 Å². The standard InChI is InChI=1S/C16H21N5O2/c1-20(10-15-6-3-7-23-15)16(22)19-14-5-2-4-13(8-14)9-21-12-17-11-18-21/h2,4-5,8,11-12,15H,3,6-7,9-10H2,1H3,(H,19,22). The van der Waals surface area contributed by atoms with E-state index in [1.165, 1.54) is 6.33 Å². The Morgan fingerprint density at radius 2 is 2.43 bits per heavy atom. The smallest absolute Gasteiger partial charge is 0.321 e. The summed E-state index contributed by atoms with van der Waals surface area (Å²) in [5.74, 6) is 0. The van der Waals surface area contributed by atoms with Gasteiger partial charge in [0.2, 0.25) is 0 Å². The number of aromatic nitrogens is 3. The van der Waals surface area contributed by atoms with Crippen LogP contribution in [0.1, 0.15) is 18.4 Å². The van der Waals surface area contributed by atoms with E-state index in [0.29, 0.717) is 13.1 Å². The Bertz CT molecular complexity index is 638. The van der Waals surface area contributed by atoms with Crippen molar-refractivity contribution >= 4 is 11.7 Å². The van der Waals surface area contributed by atoms with Gasteiger partial charge in [-0.2, -0.15) is 5.10 Å². The van der Waals surface area contributed by atoms with Crippen LogP contribution in [0, 0.1) is 0 Å². The summed E-state index contributed by atoms with van der Waals surface area (Å²) in [6.07, 6.45) is 5.42. The van der Waals surface area contributed by atoms with Crippen LogP contribution in [0.2, 0.25) is 0 Å². The number of hydrogen-bond donors (Lipinski definition) is 1. The van der Waals surface area contributed by atoms with Crippen LogP contribution in [-0.2, 0) is 11.3 Å². The summed E-state index contributed by atoms with van der Waals surface area (Å²) in [6, 6.07) is 7.61. The van der Waals surface area contributed by atoms with Crippen LogP contribution >= 0.6 is 0 Å². The maximum Gasteiger partial charge on any atom is 0.321 e. The van der Waals surface area contributed by atoms with Crippen molar-refractivity contribution in [1.82, 2.24) is 19.7 Å². The van der Waals surface area contributed by atoms with E-state index >= 15 is 0 Å². The average molecular weight is 315 g/mol. The van der Waals surface area contributed by atoms with Crippen LogP contribution in [0.4, 0.5) is 10.5 Å². The molecule has 3 rings (SSSR count). The van der Waals surface area contributed by atoms with Gasteiger partial charge in [0.25, 0.3) is 0 Å². The molecule has 23 heavy (non-hydrogen) atoms. The van der Waals surface area contributed by atoms with E-state index in [2.05, 4.69) is 15.4 Å². The zero-order valence-corrected chi connectivity index (χ0v) is 13.2. The molecule has 2 amide bonds. The summed E-state index contributed by atoms with van der Waals surface area (Å²) in [4.78, 5) is 17.9. The van der Waals surface area contributed by atoms with Crippen molar-refractivity contribution in [2.24, 2.45) is 0 Å². The number of nitrogens with zero attached hydrogens (tertiary/aromatic N) is 4. The van der Waals surface area contributed by atoms with Gasteiger partial charge in [-0.25, -0.2) is 14.5 Å². The largest absolute Gasteiger partial charge is 0.376 e. The fourth-order valence-corrected chi connectivity index (χ4v) is 2.64. The molecule has 0 bridgehead atoms. The van der Waals surface area contributed by atoms with Crippen molar-refractivity contribution in [2.75, 3.05) is 25.5 Å². The molecule has 1 saturated heterocycles. The number of rotatable bonds is 5. The molecule has 1 unspecified atom stereocenters. The fourth-order valence-electron chi connectivity index (χ4n) is 2.64. The summed E-state index contributed by atoms with van der Waals surface area (Å²) in [7, 11) is 1.79. The Labute approximate surface area is 135 Å². The Hall–Kier alpha value is -2.41. The van der Waals surface area contributed by atoms with Crippen molar-refractivity contribution in [2.45, 2.75) is 25.5 Å². The van der Waals surface area contributed by atoms with Gasteiger partial charge in [-0.15, -0.1) is 0 Å². The predicted octanol–water partition coefficient (Wildman–Crippen LogP) is 1.97. The van der Waals surface area contributed by atoms with Gasteiger partial charge >= 0.3 is 6.03 Å². The van der Waals surface area contributed by atoms with E-state index in [1.807, 2.05) is 24.3 Å². The third-order valence-electron chi connectivity index (χ3n) is 3.84. The number of anilines is 1. The van der Waals surface area contributed by atoms with Gasteiger partial charge in [-0.1, -0.05) is 12.1 Å². The van der Waals surface area contributed by atoms with Gasteiger partial charge in [0.1, 0.15) is 12.7 Å². The van der Waals surface area contributed by atoms with Crippen molar-refractivity contribution in [1.29, 1.82) is 0 Å². The molecule has 7 heteroatoms. The first-order valence-electron chi connectivity index (χ1n) is 7.76. The lowest BCUT2D eigenvalue weighted by molar-refractivity contribution is 0.0894. The monoisotopic (exact) mass is 315 g/mol. The molecular formula is C16H21N5O2. The van der Waals surface area contributed by atoms with Crippen LogP contribution in [0.15, 0.2) is 36.9 Å². The number of likely N-dealkylation sites (N-methyl/N-ethyl adjacent to an activating group) is 1. The molecule has 122 valence electrons. The highest BCUT2D eigenvalue weighted by Gasteiger charge is 2.20. The Morgan fingerprint density at radius 1 is 1.52 bits per heavy atom. The zero-order chi connectivity index (χ0) is 16.1. The second kappa shape index (κ2) is 7.23. The van der Waals surface area contributed by atoms with Gasteiger partial charge in [0.15, 0.2) is 0 Å². The molecule has 2 heterocycles. The SMILES string of the molecule is CN(CC1CCCO1)C(=O)Nc1cccc(Cn2cncn2)c1. The summed E-state index contributed by atoms with van der Waals surface area (Å²) >= 11 is 0. The third-order valence-corrected chi connectivity index (χ3v) is 3.84. The van der Waals surface area contributed by atoms with E-state index in [4.69, 9.17) is 4.74 Å². The number of urea groups is 1. The molecule has 0 saturated carbocycles. The minimum Gasteiger partial charge on any atom is -0.376 e. The van der Waals surface area contributed by atoms with Gasteiger partial charge < -0.3 is 15.0 Å². The fraction of sp³-hybridized carbons (Fsp3) is 0.438. The Balaban J connectivity index is 1.57. The van der Waals surface area contributed by atoms with E-state index in [9.17, 15) is 4.79 Å². The van der Waals surface area contributed by atoms with Crippen molar-refractivity contribution in [3.63, 3.8) is 0 Å². The van der Waals surface area contributed by atoms with Crippen LogP contribution in [0.3, 0.4) is 0 Å². The van der Waals surface area contributed by atoms with E-state index in [1.54, 1.807) is 23.0 Å². The topological polar surface area (TPSA) is 72.3 Å². The van der Waals surface area contributed by atoms with Crippen LogP contribution in [0.25, 0.3) is 0 Å². The number of amides is 2. The molecule has 1 atom stereocenters. The highest BCUT2D eigenvalue weighted by atomic mass is 16.5. The second-order valence-electron chi connectivity index (χ2n) is 5.74. The average Bonchev–Trinajstić information content (AvgIpc) is 3.21. The molecule has 7 nitrogen and oxygen atoms in total. The van der Waals surface area contributed by atoms with Gasteiger partial charge in [0, 0.05) is 25.9 Å². The lowest BCUT2D eigenvalue weighted by atomic mass is 10.2. The summed E-state index contributed by atoms with van der Waals surface area (Å²) < 4.78 is 7.31. The molecule has 2 aromatic rings. The van der Waals surface area contributed by atoms with Crippen molar-refractivity contribution in [3.05, 3.63) is 42.5 Å². The number of carbonyl (C=O) groups is 1. The van der Waals surface area contributed by atoms with E-state index < -0.39 is 0 Å². The van der Waals surface area contributed by atoms with Gasteiger partial charge in [-0.05, 0) is 30.5 Å². The third kappa shape index (κ3) is 4.29.